The minimum Gasteiger partial charge on any atom is -0.486 e. The second-order valence-electron chi connectivity index (χ2n) is 5.52. The zero-order chi connectivity index (χ0) is 15.1. The summed E-state index contributed by atoms with van der Waals surface area (Å²) in [4.78, 5) is 14.5. The molecule has 0 radical (unpaired) electrons. The largest absolute Gasteiger partial charge is 0.486 e. The van der Waals surface area contributed by atoms with Crippen LogP contribution in [0.4, 0.5) is 8.78 Å². The zero-order valence-electron chi connectivity index (χ0n) is 11.6. The number of nitrogens with zero attached hydrogens (tertiary/aromatic N) is 1. The highest BCUT2D eigenvalue weighted by Crippen LogP contribution is 2.51. The van der Waals surface area contributed by atoms with E-state index in [1.54, 1.807) is 6.07 Å². The van der Waals surface area contributed by atoms with E-state index < -0.39 is 11.5 Å². The summed E-state index contributed by atoms with van der Waals surface area (Å²) < 4.78 is 38.8. The quantitative estimate of drug-likeness (QED) is 0.635. The Kier molecular flexibility index (Phi) is 3.21. The van der Waals surface area contributed by atoms with E-state index in [0.29, 0.717) is 43.1 Å². The van der Waals surface area contributed by atoms with E-state index in [-0.39, 0.29) is 5.56 Å². The molecule has 1 aliphatic heterocycles. The van der Waals surface area contributed by atoms with Crippen molar-refractivity contribution in [3.63, 3.8) is 0 Å². The standard InChI is InChI=1S/C15H15F2NO3/c1-14(16,17)10-7-12-13(21-6-5-20-12)8-11(10)15(18-9-19)3-2-4-15/h7-8H,2-6H2,1H3. The maximum Gasteiger partial charge on any atom is 0.271 e. The Morgan fingerprint density at radius 3 is 2.33 bits per heavy atom. The van der Waals surface area contributed by atoms with Gasteiger partial charge in [0.1, 0.15) is 13.2 Å². The summed E-state index contributed by atoms with van der Waals surface area (Å²) in [6.07, 6.45) is 3.49. The van der Waals surface area contributed by atoms with Gasteiger partial charge < -0.3 is 9.47 Å². The number of carbonyl (C=O) groups excluding carboxylic acids is 1. The third kappa shape index (κ3) is 2.29. The Bertz CT molecular complexity index is 614. The van der Waals surface area contributed by atoms with Crippen molar-refractivity contribution in [2.24, 2.45) is 4.99 Å². The summed E-state index contributed by atoms with van der Waals surface area (Å²) in [7, 11) is 0. The lowest BCUT2D eigenvalue weighted by Gasteiger charge is -2.39. The summed E-state index contributed by atoms with van der Waals surface area (Å²) in [6.45, 7) is 1.54. The van der Waals surface area contributed by atoms with E-state index in [0.717, 1.165) is 13.3 Å². The molecule has 1 aromatic carbocycles. The molecule has 1 fully saturated rings. The fourth-order valence-electron chi connectivity index (χ4n) is 2.88. The van der Waals surface area contributed by atoms with Crippen LogP contribution < -0.4 is 9.47 Å². The number of alkyl halides is 2. The summed E-state index contributed by atoms with van der Waals surface area (Å²) in [6, 6.07) is 2.85. The molecule has 0 saturated heterocycles. The highest BCUT2D eigenvalue weighted by Gasteiger charge is 2.45. The van der Waals surface area contributed by atoms with Crippen molar-refractivity contribution < 1.29 is 23.0 Å². The Hall–Kier alpha value is -1.94. The second kappa shape index (κ2) is 4.81. The van der Waals surface area contributed by atoms with E-state index in [9.17, 15) is 13.6 Å². The molecule has 0 N–H and O–H groups in total. The number of rotatable bonds is 3. The predicted octanol–water partition coefficient (Wildman–Crippen LogP) is 3.28. The summed E-state index contributed by atoms with van der Waals surface area (Å²) in [5.41, 5.74) is -0.717. The first kappa shape index (κ1) is 14.0. The molecule has 1 saturated carbocycles. The molecule has 1 aromatic rings. The lowest BCUT2D eigenvalue weighted by atomic mass is 9.70. The third-order valence-corrected chi connectivity index (χ3v) is 4.10. The minimum atomic E-state index is -3.05. The summed E-state index contributed by atoms with van der Waals surface area (Å²) >= 11 is 0. The fraction of sp³-hybridized carbons (Fsp3) is 0.533. The van der Waals surface area contributed by atoms with Crippen LogP contribution in [0.25, 0.3) is 0 Å². The molecule has 1 heterocycles. The molecule has 0 unspecified atom stereocenters. The first-order valence-electron chi connectivity index (χ1n) is 6.88. The van der Waals surface area contributed by atoms with Gasteiger partial charge in [-0.25, -0.2) is 13.6 Å². The van der Waals surface area contributed by atoms with E-state index >= 15 is 0 Å². The van der Waals surface area contributed by atoms with Crippen molar-refractivity contribution in [1.82, 2.24) is 0 Å². The Labute approximate surface area is 120 Å². The molecule has 0 aromatic heterocycles. The normalized spacial score (nSPS) is 19.4. The monoisotopic (exact) mass is 295 g/mol. The van der Waals surface area contributed by atoms with E-state index in [2.05, 4.69) is 4.99 Å². The van der Waals surface area contributed by atoms with Gasteiger partial charge in [-0.3, -0.25) is 0 Å². The number of aliphatic imine (C=N–C) groups is 1. The van der Waals surface area contributed by atoms with Crippen LogP contribution in [-0.4, -0.2) is 19.3 Å². The maximum atomic E-state index is 14.0. The molecule has 2 aliphatic rings. The number of hydrogen-bond donors (Lipinski definition) is 0. The molecule has 6 heteroatoms. The van der Waals surface area contributed by atoms with Gasteiger partial charge in [0.2, 0.25) is 6.08 Å². The fourth-order valence-corrected chi connectivity index (χ4v) is 2.88. The van der Waals surface area contributed by atoms with Crippen LogP contribution in [0.3, 0.4) is 0 Å². The molecule has 112 valence electrons. The van der Waals surface area contributed by atoms with Crippen molar-refractivity contribution in [2.75, 3.05) is 13.2 Å². The number of ether oxygens (including phenoxy) is 2. The topological polar surface area (TPSA) is 47.9 Å². The van der Waals surface area contributed by atoms with Crippen molar-refractivity contribution >= 4 is 6.08 Å². The highest BCUT2D eigenvalue weighted by molar-refractivity contribution is 5.53. The van der Waals surface area contributed by atoms with Crippen molar-refractivity contribution in [1.29, 1.82) is 0 Å². The SMILES string of the molecule is CC(F)(F)c1cc2c(cc1C1(N=C=O)CCC1)OCCO2. The molecule has 0 spiro atoms. The minimum absolute atomic E-state index is 0.162. The number of halogens is 2. The Balaban J connectivity index is 2.20. The smallest absolute Gasteiger partial charge is 0.271 e. The van der Waals surface area contributed by atoms with Crippen LogP contribution in [0.1, 0.15) is 37.3 Å². The van der Waals surface area contributed by atoms with Crippen molar-refractivity contribution in [3.05, 3.63) is 23.3 Å². The van der Waals surface area contributed by atoms with Gasteiger partial charge in [-0.05, 0) is 37.0 Å². The maximum absolute atomic E-state index is 14.0. The number of benzene rings is 1. The number of hydrogen-bond acceptors (Lipinski definition) is 4. The highest BCUT2D eigenvalue weighted by atomic mass is 19.3. The molecule has 4 nitrogen and oxygen atoms in total. The first-order chi connectivity index (χ1) is 9.96. The van der Waals surface area contributed by atoms with Crippen LogP contribution in [0, 0.1) is 0 Å². The van der Waals surface area contributed by atoms with Crippen LogP contribution in [0.2, 0.25) is 0 Å². The van der Waals surface area contributed by atoms with E-state index in [1.165, 1.54) is 12.1 Å². The van der Waals surface area contributed by atoms with E-state index in [4.69, 9.17) is 9.47 Å². The van der Waals surface area contributed by atoms with Crippen LogP contribution in [-0.2, 0) is 16.3 Å². The molecular weight excluding hydrogens is 280 g/mol. The van der Waals surface area contributed by atoms with Gasteiger partial charge in [0.15, 0.2) is 11.5 Å². The Morgan fingerprint density at radius 2 is 1.86 bits per heavy atom. The molecule has 21 heavy (non-hydrogen) atoms. The number of isocyanates is 1. The van der Waals surface area contributed by atoms with Crippen LogP contribution in [0.15, 0.2) is 17.1 Å². The van der Waals surface area contributed by atoms with Crippen LogP contribution >= 0.6 is 0 Å². The van der Waals surface area contributed by atoms with Crippen molar-refractivity contribution in [2.45, 2.75) is 37.6 Å². The first-order valence-corrected chi connectivity index (χ1v) is 6.88. The molecule has 0 amide bonds. The van der Waals surface area contributed by atoms with Gasteiger partial charge in [0.25, 0.3) is 5.92 Å². The lowest BCUT2D eigenvalue weighted by molar-refractivity contribution is 0.0135. The average molecular weight is 295 g/mol. The molecular formula is C15H15F2NO3. The van der Waals surface area contributed by atoms with Crippen LogP contribution in [0.5, 0.6) is 11.5 Å². The Morgan fingerprint density at radius 1 is 1.24 bits per heavy atom. The lowest BCUT2D eigenvalue weighted by Crippen LogP contribution is -2.35. The second-order valence-corrected chi connectivity index (χ2v) is 5.52. The third-order valence-electron chi connectivity index (χ3n) is 4.10. The van der Waals surface area contributed by atoms with E-state index in [1.807, 2.05) is 0 Å². The molecule has 3 rings (SSSR count). The molecule has 0 bridgehead atoms. The van der Waals surface area contributed by atoms with Gasteiger partial charge in [-0.15, -0.1) is 0 Å². The number of fused-ring (bicyclic) bond motifs is 1. The van der Waals surface area contributed by atoms with Crippen molar-refractivity contribution in [3.8, 4) is 11.5 Å². The van der Waals surface area contributed by atoms with Gasteiger partial charge in [-0.1, -0.05) is 0 Å². The predicted molar refractivity (Wildman–Crippen MR) is 70.7 cm³/mol. The van der Waals surface area contributed by atoms with Gasteiger partial charge in [0.05, 0.1) is 5.54 Å². The van der Waals surface area contributed by atoms with Gasteiger partial charge in [0, 0.05) is 12.5 Å². The molecule has 1 aliphatic carbocycles. The van der Waals surface area contributed by atoms with Gasteiger partial charge in [-0.2, -0.15) is 4.99 Å². The summed E-state index contributed by atoms with van der Waals surface area (Å²) in [5, 5.41) is 0. The molecule has 0 atom stereocenters. The summed E-state index contributed by atoms with van der Waals surface area (Å²) in [5.74, 6) is -2.31. The zero-order valence-corrected chi connectivity index (χ0v) is 11.6. The van der Waals surface area contributed by atoms with Gasteiger partial charge >= 0.3 is 0 Å². The average Bonchev–Trinajstić information content (AvgIpc) is 2.40.